The molecule has 0 saturated heterocycles. The first-order valence-corrected chi connectivity index (χ1v) is 13.9. The third kappa shape index (κ3) is 6.10. The second-order valence-corrected chi connectivity index (χ2v) is 10.3. The largest absolute Gasteiger partial charge is 0.338 e. The van der Waals surface area contributed by atoms with Crippen molar-refractivity contribution < 1.29 is 13.7 Å². The highest BCUT2D eigenvalue weighted by atomic mass is 15.1. The lowest BCUT2D eigenvalue weighted by molar-refractivity contribution is -0.619. The van der Waals surface area contributed by atoms with E-state index in [4.69, 9.17) is 0 Å². The fourth-order valence-electron chi connectivity index (χ4n) is 5.29. The van der Waals surface area contributed by atoms with E-state index in [0.717, 1.165) is 47.0 Å². The van der Waals surface area contributed by atoms with Gasteiger partial charge in [-0.3, -0.25) is 0 Å². The Kier molecular flexibility index (Phi) is 8.36. The van der Waals surface area contributed by atoms with Gasteiger partial charge in [-0.05, 0) is 61.1 Å². The average Bonchev–Trinajstić information content (AvgIpc) is 3.01. The van der Waals surface area contributed by atoms with E-state index in [1.54, 1.807) is 0 Å². The molecule has 1 aromatic heterocycles. The van der Waals surface area contributed by atoms with Gasteiger partial charge in [0, 0.05) is 21.1 Å². The number of pyridine rings is 1. The molecule has 0 aliphatic rings. The Labute approximate surface area is 245 Å². The molecule has 0 N–H and O–H groups in total. The molecule has 204 valence electrons. The third-order valence-electron chi connectivity index (χ3n) is 7.68. The molecule has 3 heteroatoms. The summed E-state index contributed by atoms with van der Waals surface area (Å²) in [6, 6.07) is 44.3. The van der Waals surface area contributed by atoms with E-state index >= 15 is 0 Å². The van der Waals surface area contributed by atoms with Crippen molar-refractivity contribution in [3.05, 3.63) is 182 Å². The summed E-state index contributed by atoms with van der Waals surface area (Å²) in [6.45, 7) is 4.19. The fourth-order valence-corrected chi connectivity index (χ4v) is 5.29. The molecular weight excluding hydrogens is 498 g/mol. The zero-order valence-corrected chi connectivity index (χ0v) is 24.0. The SMILES string of the molecule is [CH2-][N+](=C(C)c1cccc(C(C)=[N+]([CH2-])c2ccccc2Cc2ccccc2)[n+]1[CH2-])c1ccccc1Cc1ccccc1. The monoisotopic (exact) mass is 535 g/mol. The van der Waals surface area contributed by atoms with E-state index in [0.29, 0.717) is 0 Å². The summed E-state index contributed by atoms with van der Waals surface area (Å²) in [5, 5.41) is 0. The number of para-hydroxylation sites is 2. The van der Waals surface area contributed by atoms with Gasteiger partial charge >= 0.3 is 0 Å². The van der Waals surface area contributed by atoms with Crippen LogP contribution in [0.1, 0.15) is 47.5 Å². The van der Waals surface area contributed by atoms with Gasteiger partial charge in [0.2, 0.25) is 0 Å². The van der Waals surface area contributed by atoms with Crippen molar-refractivity contribution >= 4 is 22.8 Å². The second-order valence-electron chi connectivity index (χ2n) is 10.3. The summed E-state index contributed by atoms with van der Waals surface area (Å²) in [7, 11) is 13.4. The standard InChI is InChI=1S/C38H37N3/c1-29(39(3)37-23-14-12-21-33(37)27-31-17-8-6-9-18-31)35-25-16-26-36(41(35)5)30(2)40(4)38-24-15-13-22-34(38)28-32-19-10-7-11-20-32/h6-26H,3-5,27-28H2,1-2H3. The number of hydrogen-bond acceptors (Lipinski definition) is 0. The summed E-state index contributed by atoms with van der Waals surface area (Å²) < 4.78 is 6.03. The molecule has 0 bridgehead atoms. The maximum Gasteiger partial charge on any atom is 0.114 e. The lowest BCUT2D eigenvalue weighted by Crippen LogP contribution is -2.42. The Morgan fingerprint density at radius 3 is 1.29 bits per heavy atom. The van der Waals surface area contributed by atoms with E-state index in [1.165, 1.54) is 22.3 Å². The van der Waals surface area contributed by atoms with E-state index in [1.807, 2.05) is 13.7 Å². The van der Waals surface area contributed by atoms with Crippen LogP contribution in [0.2, 0.25) is 0 Å². The summed E-state index contributed by atoms with van der Waals surface area (Å²) in [4.78, 5) is 0. The summed E-state index contributed by atoms with van der Waals surface area (Å²) in [5.74, 6) is 0. The normalized spacial score (nSPS) is 12.4. The zero-order chi connectivity index (χ0) is 28.8. The minimum atomic E-state index is 0.840. The minimum Gasteiger partial charge on any atom is -0.338 e. The van der Waals surface area contributed by atoms with Crippen molar-refractivity contribution in [2.75, 3.05) is 0 Å². The van der Waals surface area contributed by atoms with Crippen LogP contribution in [-0.4, -0.2) is 20.6 Å². The van der Waals surface area contributed by atoms with Gasteiger partial charge < -0.3 is 13.7 Å². The Balaban J connectivity index is 1.52. The lowest BCUT2D eigenvalue weighted by Gasteiger charge is -2.20. The van der Waals surface area contributed by atoms with Gasteiger partial charge in [-0.1, -0.05) is 115 Å². The summed E-state index contributed by atoms with van der Waals surface area (Å²) in [5.41, 5.74) is 11.1. The molecule has 5 aromatic rings. The summed E-state index contributed by atoms with van der Waals surface area (Å²) in [6.07, 6.45) is 1.68. The van der Waals surface area contributed by atoms with Crippen molar-refractivity contribution in [2.45, 2.75) is 26.7 Å². The Bertz CT molecular complexity index is 1590. The van der Waals surface area contributed by atoms with Crippen LogP contribution < -0.4 is 4.57 Å². The van der Waals surface area contributed by atoms with Gasteiger partial charge in [0.1, 0.15) is 22.8 Å². The maximum atomic E-state index is 4.46. The lowest BCUT2D eigenvalue weighted by atomic mass is 10.0. The second kappa shape index (κ2) is 12.4. The van der Waals surface area contributed by atoms with Gasteiger partial charge in [-0.2, -0.15) is 0 Å². The average molecular weight is 536 g/mol. The molecule has 0 fully saturated rings. The molecule has 1 heterocycles. The molecule has 0 amide bonds. The first-order chi connectivity index (χ1) is 19.9. The number of hydrogen-bond donors (Lipinski definition) is 0. The molecular formula is C38H37N3. The predicted molar refractivity (Wildman–Crippen MR) is 169 cm³/mol. The highest BCUT2D eigenvalue weighted by Gasteiger charge is 2.16. The van der Waals surface area contributed by atoms with E-state index in [2.05, 4.69) is 162 Å². The predicted octanol–water partition coefficient (Wildman–Crippen LogP) is 7.68. The van der Waals surface area contributed by atoms with Crippen LogP contribution in [0.15, 0.2) is 127 Å². The first kappa shape index (κ1) is 27.5. The van der Waals surface area contributed by atoms with Gasteiger partial charge in [0.25, 0.3) is 0 Å². The van der Waals surface area contributed by atoms with Crippen LogP contribution in [0.4, 0.5) is 11.4 Å². The highest BCUT2D eigenvalue weighted by Crippen LogP contribution is 2.24. The number of benzene rings is 4. The fraction of sp³-hybridized carbons (Fsp3) is 0.105. The van der Waals surface area contributed by atoms with E-state index in [-0.39, 0.29) is 0 Å². The maximum absolute atomic E-state index is 4.46. The zero-order valence-electron chi connectivity index (χ0n) is 24.0. The van der Waals surface area contributed by atoms with Crippen LogP contribution in [0.5, 0.6) is 0 Å². The van der Waals surface area contributed by atoms with Crippen molar-refractivity contribution in [2.24, 2.45) is 0 Å². The topological polar surface area (TPSA) is 9.90 Å². The first-order valence-electron chi connectivity index (χ1n) is 13.9. The van der Waals surface area contributed by atoms with Gasteiger partial charge in [0.15, 0.2) is 0 Å². The molecule has 0 aliphatic carbocycles. The van der Waals surface area contributed by atoms with Crippen LogP contribution in [0.25, 0.3) is 0 Å². The third-order valence-corrected chi connectivity index (χ3v) is 7.68. The van der Waals surface area contributed by atoms with Gasteiger partial charge in [-0.15, -0.1) is 0 Å². The van der Waals surface area contributed by atoms with Gasteiger partial charge in [0.05, 0.1) is 11.4 Å². The highest BCUT2D eigenvalue weighted by molar-refractivity contribution is 5.95. The van der Waals surface area contributed by atoms with Crippen molar-refractivity contribution in [1.82, 2.24) is 0 Å². The molecule has 0 aliphatic heterocycles. The molecule has 0 radical (unpaired) electrons. The van der Waals surface area contributed by atoms with Crippen LogP contribution in [-0.2, 0) is 12.8 Å². The van der Waals surface area contributed by atoms with E-state index in [9.17, 15) is 0 Å². The quantitative estimate of drug-likeness (QED) is 0.110. The van der Waals surface area contributed by atoms with E-state index < -0.39 is 0 Å². The number of aromatic nitrogens is 1. The van der Waals surface area contributed by atoms with Crippen LogP contribution >= 0.6 is 0 Å². The Hall–Kier alpha value is -5.02. The Morgan fingerprint density at radius 2 is 0.878 bits per heavy atom. The van der Waals surface area contributed by atoms with Crippen molar-refractivity contribution in [3.63, 3.8) is 0 Å². The summed E-state index contributed by atoms with van der Waals surface area (Å²) >= 11 is 0. The molecule has 0 atom stereocenters. The molecule has 0 unspecified atom stereocenters. The van der Waals surface area contributed by atoms with Crippen LogP contribution in [0, 0.1) is 21.1 Å². The number of rotatable bonds is 8. The number of nitrogens with zero attached hydrogens (tertiary/aromatic N) is 3. The van der Waals surface area contributed by atoms with Gasteiger partial charge in [-0.25, -0.2) is 0 Å². The molecule has 4 aromatic carbocycles. The molecule has 3 nitrogen and oxygen atoms in total. The van der Waals surface area contributed by atoms with Crippen molar-refractivity contribution in [3.8, 4) is 0 Å². The molecule has 5 rings (SSSR count). The van der Waals surface area contributed by atoms with Crippen molar-refractivity contribution in [1.29, 1.82) is 0 Å². The minimum absolute atomic E-state index is 0.840. The Morgan fingerprint density at radius 1 is 0.512 bits per heavy atom. The molecule has 0 spiro atoms. The smallest absolute Gasteiger partial charge is 0.114 e. The molecule has 41 heavy (non-hydrogen) atoms. The molecule has 0 saturated carbocycles. The van der Waals surface area contributed by atoms with Crippen LogP contribution in [0.3, 0.4) is 0 Å².